The van der Waals surface area contributed by atoms with Crippen molar-refractivity contribution in [2.75, 3.05) is 26.2 Å². The molecule has 6 heteroatoms. The highest BCUT2D eigenvalue weighted by Gasteiger charge is 2.22. The summed E-state index contributed by atoms with van der Waals surface area (Å²) in [5.41, 5.74) is 2.08. The molecule has 0 spiro atoms. The maximum absolute atomic E-state index is 6.25. The molecular formula is C23H30Cl2N2O2. The van der Waals surface area contributed by atoms with Gasteiger partial charge in [0.05, 0.1) is 6.61 Å². The first-order chi connectivity index (χ1) is 14.1. The number of halogens is 2. The second-order valence-corrected chi connectivity index (χ2v) is 8.14. The lowest BCUT2D eigenvalue weighted by molar-refractivity contribution is 0.259. The molecular weight excluding hydrogens is 407 g/mol. The lowest BCUT2D eigenvalue weighted by Gasteiger charge is -2.23. The van der Waals surface area contributed by atoms with E-state index in [1.165, 1.54) is 24.9 Å². The number of likely N-dealkylation sites (tertiary alicyclic amines) is 1. The number of ether oxygens (including phenoxy) is 2. The summed E-state index contributed by atoms with van der Waals surface area (Å²) in [6, 6.07) is 12.2. The topological polar surface area (TPSA) is 33.7 Å². The fourth-order valence-corrected chi connectivity index (χ4v) is 4.23. The monoisotopic (exact) mass is 436 g/mol. The minimum atomic E-state index is 0.363. The Morgan fingerprint density at radius 1 is 1.07 bits per heavy atom. The number of nitrogens with zero attached hydrogens (tertiary/aromatic N) is 1. The molecule has 2 aromatic carbocycles. The number of rotatable bonds is 10. The minimum Gasteiger partial charge on any atom is -0.490 e. The van der Waals surface area contributed by atoms with Crippen LogP contribution in [0.25, 0.3) is 0 Å². The van der Waals surface area contributed by atoms with Gasteiger partial charge < -0.3 is 14.8 Å². The molecule has 1 N–H and O–H groups in total. The maximum atomic E-state index is 6.25. The van der Waals surface area contributed by atoms with Crippen LogP contribution in [0.1, 0.15) is 37.8 Å². The first-order valence-corrected chi connectivity index (χ1v) is 11.1. The summed E-state index contributed by atoms with van der Waals surface area (Å²) >= 11 is 12.2. The van der Waals surface area contributed by atoms with Gasteiger partial charge in [-0.05, 0) is 62.7 Å². The van der Waals surface area contributed by atoms with Crippen molar-refractivity contribution >= 4 is 23.2 Å². The van der Waals surface area contributed by atoms with E-state index in [0.717, 1.165) is 36.7 Å². The van der Waals surface area contributed by atoms with Crippen LogP contribution in [-0.4, -0.2) is 37.2 Å². The van der Waals surface area contributed by atoms with Crippen LogP contribution in [0.2, 0.25) is 10.0 Å². The van der Waals surface area contributed by atoms with Gasteiger partial charge in [-0.25, -0.2) is 0 Å². The number of likely N-dealkylation sites (N-methyl/N-ethyl adjacent to an activating group) is 1. The van der Waals surface area contributed by atoms with Gasteiger partial charge in [-0.1, -0.05) is 42.3 Å². The Kier molecular flexibility index (Phi) is 8.49. The molecule has 0 bridgehead atoms. The van der Waals surface area contributed by atoms with Crippen molar-refractivity contribution in [1.29, 1.82) is 0 Å². The Morgan fingerprint density at radius 2 is 1.93 bits per heavy atom. The van der Waals surface area contributed by atoms with Crippen molar-refractivity contribution in [2.24, 2.45) is 0 Å². The molecule has 1 heterocycles. The van der Waals surface area contributed by atoms with E-state index in [1.54, 1.807) is 6.07 Å². The lowest BCUT2D eigenvalue weighted by atomic mass is 10.1. The van der Waals surface area contributed by atoms with Crippen molar-refractivity contribution in [3.63, 3.8) is 0 Å². The van der Waals surface area contributed by atoms with Gasteiger partial charge in [-0.2, -0.15) is 0 Å². The van der Waals surface area contributed by atoms with Crippen LogP contribution < -0.4 is 14.8 Å². The van der Waals surface area contributed by atoms with E-state index in [0.29, 0.717) is 29.3 Å². The zero-order chi connectivity index (χ0) is 20.6. The molecule has 0 amide bonds. The average molecular weight is 437 g/mol. The second-order valence-electron chi connectivity index (χ2n) is 7.29. The smallest absolute Gasteiger partial charge is 0.161 e. The molecule has 0 aliphatic carbocycles. The van der Waals surface area contributed by atoms with Crippen molar-refractivity contribution in [3.8, 4) is 11.5 Å². The Hall–Kier alpha value is -1.46. The molecule has 0 radical (unpaired) electrons. The highest BCUT2D eigenvalue weighted by atomic mass is 35.5. The van der Waals surface area contributed by atoms with E-state index < -0.39 is 0 Å². The molecule has 1 saturated heterocycles. The minimum absolute atomic E-state index is 0.363. The van der Waals surface area contributed by atoms with Gasteiger partial charge in [0.1, 0.15) is 6.61 Å². The van der Waals surface area contributed by atoms with Gasteiger partial charge >= 0.3 is 0 Å². The molecule has 158 valence electrons. The van der Waals surface area contributed by atoms with Crippen molar-refractivity contribution in [2.45, 2.75) is 45.9 Å². The van der Waals surface area contributed by atoms with Gasteiger partial charge in [0.2, 0.25) is 0 Å². The molecule has 1 aliphatic rings. The molecule has 1 unspecified atom stereocenters. The Morgan fingerprint density at radius 3 is 2.69 bits per heavy atom. The summed E-state index contributed by atoms with van der Waals surface area (Å²) in [4.78, 5) is 2.55. The van der Waals surface area contributed by atoms with E-state index in [2.05, 4.69) is 29.3 Å². The van der Waals surface area contributed by atoms with E-state index in [9.17, 15) is 0 Å². The predicted octanol–water partition coefficient (Wildman–Crippen LogP) is 5.55. The molecule has 2 aromatic rings. The molecule has 4 nitrogen and oxygen atoms in total. The zero-order valence-electron chi connectivity index (χ0n) is 17.2. The third-order valence-electron chi connectivity index (χ3n) is 5.32. The molecule has 1 aliphatic heterocycles. The van der Waals surface area contributed by atoms with Crippen molar-refractivity contribution in [1.82, 2.24) is 10.2 Å². The molecule has 29 heavy (non-hydrogen) atoms. The number of hydrogen-bond acceptors (Lipinski definition) is 4. The predicted molar refractivity (Wildman–Crippen MR) is 120 cm³/mol. The fourth-order valence-electron chi connectivity index (χ4n) is 3.77. The van der Waals surface area contributed by atoms with Gasteiger partial charge in [0, 0.05) is 34.7 Å². The van der Waals surface area contributed by atoms with Gasteiger partial charge in [-0.3, -0.25) is 4.90 Å². The summed E-state index contributed by atoms with van der Waals surface area (Å²) in [7, 11) is 0. The Balaban J connectivity index is 1.59. The summed E-state index contributed by atoms with van der Waals surface area (Å²) in [5, 5.41) is 4.82. The second kappa shape index (κ2) is 11.1. The standard InChI is InChI=1S/C23H30Cl2N2O2/c1-3-27-11-5-6-20(27)15-26-14-17-7-10-22(23(12-17)28-4-2)29-16-18-8-9-19(24)13-21(18)25/h7-10,12-13,20,26H,3-6,11,14-16H2,1-2H3. The van der Waals surface area contributed by atoms with E-state index in [1.807, 2.05) is 25.1 Å². The third kappa shape index (κ3) is 6.26. The molecule has 1 fully saturated rings. The molecule has 0 saturated carbocycles. The highest BCUT2D eigenvalue weighted by molar-refractivity contribution is 6.35. The normalized spacial score (nSPS) is 16.9. The first-order valence-electron chi connectivity index (χ1n) is 10.4. The van der Waals surface area contributed by atoms with Crippen LogP contribution in [-0.2, 0) is 13.2 Å². The van der Waals surface area contributed by atoms with Gasteiger partial charge in [-0.15, -0.1) is 0 Å². The van der Waals surface area contributed by atoms with Crippen LogP contribution in [0, 0.1) is 0 Å². The SMILES string of the molecule is CCOc1cc(CNCC2CCCN2CC)ccc1OCc1ccc(Cl)cc1Cl. The van der Waals surface area contributed by atoms with Crippen LogP contribution in [0.3, 0.4) is 0 Å². The van der Waals surface area contributed by atoms with E-state index in [-0.39, 0.29) is 0 Å². The largest absolute Gasteiger partial charge is 0.490 e. The third-order valence-corrected chi connectivity index (χ3v) is 5.91. The highest BCUT2D eigenvalue weighted by Crippen LogP contribution is 2.30. The number of hydrogen-bond donors (Lipinski definition) is 1. The summed E-state index contributed by atoms with van der Waals surface area (Å²) in [5.74, 6) is 1.47. The zero-order valence-corrected chi connectivity index (χ0v) is 18.7. The molecule has 0 aromatic heterocycles. The van der Waals surface area contributed by atoms with Crippen molar-refractivity contribution in [3.05, 3.63) is 57.6 Å². The number of benzene rings is 2. The van der Waals surface area contributed by atoms with E-state index >= 15 is 0 Å². The molecule has 3 rings (SSSR count). The van der Waals surface area contributed by atoms with Gasteiger partial charge in [0.25, 0.3) is 0 Å². The summed E-state index contributed by atoms with van der Waals surface area (Å²) < 4.78 is 11.8. The first kappa shape index (κ1) is 22.2. The van der Waals surface area contributed by atoms with Crippen LogP contribution >= 0.6 is 23.2 Å². The lowest BCUT2D eigenvalue weighted by Crippen LogP contribution is -2.37. The van der Waals surface area contributed by atoms with Crippen LogP contribution in [0.15, 0.2) is 36.4 Å². The molecule has 1 atom stereocenters. The quantitative estimate of drug-likeness (QED) is 0.529. The summed E-state index contributed by atoms with van der Waals surface area (Å²) in [6.45, 7) is 9.35. The maximum Gasteiger partial charge on any atom is 0.161 e. The van der Waals surface area contributed by atoms with Gasteiger partial charge in [0.15, 0.2) is 11.5 Å². The van der Waals surface area contributed by atoms with E-state index in [4.69, 9.17) is 32.7 Å². The fraction of sp³-hybridized carbons (Fsp3) is 0.478. The average Bonchev–Trinajstić information content (AvgIpc) is 3.16. The number of nitrogens with one attached hydrogen (secondary N) is 1. The Labute approximate surface area is 184 Å². The van der Waals surface area contributed by atoms with Crippen LogP contribution in [0.5, 0.6) is 11.5 Å². The summed E-state index contributed by atoms with van der Waals surface area (Å²) in [6.07, 6.45) is 2.59. The Bertz CT molecular complexity index is 800. The van der Waals surface area contributed by atoms with Crippen molar-refractivity contribution < 1.29 is 9.47 Å². The van der Waals surface area contributed by atoms with Crippen LogP contribution in [0.4, 0.5) is 0 Å².